The van der Waals surface area contributed by atoms with Gasteiger partial charge in [-0.05, 0) is 30.6 Å². The maximum absolute atomic E-state index is 10.2. The standard InChI is InChI=1S/C7H11NO2/c8-7(9)10-3-5-1-4-2-6(4)5/h4-6H,1-3H2,(H2,8,9)/t4-,5?,6?/m1/s1. The molecule has 1 amide bonds. The number of amides is 1. The first-order chi connectivity index (χ1) is 4.77. The number of primary amides is 1. The number of carbonyl (C=O) groups is 1. The topological polar surface area (TPSA) is 52.3 Å². The van der Waals surface area contributed by atoms with Gasteiger partial charge >= 0.3 is 6.09 Å². The molecule has 0 radical (unpaired) electrons. The van der Waals surface area contributed by atoms with Crippen molar-refractivity contribution in [2.45, 2.75) is 12.8 Å². The Labute approximate surface area is 59.5 Å². The molecule has 0 heterocycles. The van der Waals surface area contributed by atoms with Gasteiger partial charge in [-0.25, -0.2) is 4.79 Å². The lowest BCUT2D eigenvalue weighted by atomic mass is 9.86. The Morgan fingerprint density at radius 1 is 1.60 bits per heavy atom. The molecule has 56 valence electrons. The fourth-order valence-electron chi connectivity index (χ4n) is 1.87. The Morgan fingerprint density at radius 3 is 2.80 bits per heavy atom. The summed E-state index contributed by atoms with van der Waals surface area (Å²) in [6.07, 6.45) is 1.97. The summed E-state index contributed by atoms with van der Waals surface area (Å²) < 4.78 is 4.68. The van der Waals surface area contributed by atoms with Gasteiger partial charge in [0.25, 0.3) is 0 Å². The van der Waals surface area contributed by atoms with Crippen LogP contribution >= 0.6 is 0 Å². The maximum atomic E-state index is 10.2. The van der Waals surface area contributed by atoms with Gasteiger partial charge in [-0.3, -0.25) is 0 Å². The third kappa shape index (κ3) is 0.856. The van der Waals surface area contributed by atoms with Crippen molar-refractivity contribution in [1.29, 1.82) is 0 Å². The van der Waals surface area contributed by atoms with E-state index in [9.17, 15) is 4.79 Å². The van der Waals surface area contributed by atoms with Gasteiger partial charge in [-0.1, -0.05) is 0 Å². The van der Waals surface area contributed by atoms with E-state index in [0.717, 1.165) is 11.8 Å². The quantitative estimate of drug-likeness (QED) is 0.616. The molecule has 2 saturated carbocycles. The molecule has 2 rings (SSSR count). The molecule has 3 heteroatoms. The molecule has 0 bridgehead atoms. The van der Waals surface area contributed by atoms with E-state index in [1.807, 2.05) is 0 Å². The van der Waals surface area contributed by atoms with Crippen LogP contribution in [0.5, 0.6) is 0 Å². The summed E-state index contributed by atoms with van der Waals surface area (Å²) in [5.41, 5.74) is 4.82. The molecule has 2 fully saturated rings. The lowest BCUT2D eigenvalue weighted by Gasteiger charge is -2.23. The lowest BCUT2D eigenvalue weighted by molar-refractivity contribution is 0.105. The largest absolute Gasteiger partial charge is 0.449 e. The molecule has 2 aliphatic rings. The van der Waals surface area contributed by atoms with E-state index in [0.29, 0.717) is 12.5 Å². The van der Waals surface area contributed by atoms with E-state index in [1.54, 1.807) is 0 Å². The van der Waals surface area contributed by atoms with Crippen LogP contribution in [0.4, 0.5) is 4.79 Å². The minimum absolute atomic E-state index is 0.552. The minimum atomic E-state index is -0.635. The summed E-state index contributed by atoms with van der Waals surface area (Å²) in [5.74, 6) is 2.48. The first-order valence-electron chi connectivity index (χ1n) is 3.69. The first-order valence-corrected chi connectivity index (χ1v) is 3.69. The number of hydrogen-bond acceptors (Lipinski definition) is 2. The van der Waals surface area contributed by atoms with Crippen molar-refractivity contribution in [2.24, 2.45) is 23.5 Å². The van der Waals surface area contributed by atoms with Crippen molar-refractivity contribution in [3.05, 3.63) is 0 Å². The number of fused-ring (bicyclic) bond motifs is 1. The number of hydrogen-bond donors (Lipinski definition) is 1. The van der Waals surface area contributed by atoms with E-state index < -0.39 is 6.09 Å². The Bertz CT molecular complexity index is 169. The van der Waals surface area contributed by atoms with Crippen molar-refractivity contribution < 1.29 is 9.53 Å². The Morgan fingerprint density at radius 2 is 2.40 bits per heavy atom. The molecule has 0 aromatic rings. The van der Waals surface area contributed by atoms with E-state index in [1.165, 1.54) is 12.8 Å². The zero-order valence-electron chi connectivity index (χ0n) is 5.75. The maximum Gasteiger partial charge on any atom is 0.404 e. The van der Waals surface area contributed by atoms with Crippen molar-refractivity contribution in [2.75, 3.05) is 6.61 Å². The Hall–Kier alpha value is -0.730. The second-order valence-electron chi connectivity index (χ2n) is 3.29. The summed E-state index contributed by atoms with van der Waals surface area (Å²) in [4.78, 5) is 10.2. The molecule has 3 atom stereocenters. The molecule has 2 unspecified atom stereocenters. The molecule has 3 nitrogen and oxygen atoms in total. The fraction of sp³-hybridized carbons (Fsp3) is 0.857. The Balaban J connectivity index is 1.67. The predicted octanol–water partition coefficient (Wildman–Crippen LogP) is 0.738. The summed E-state index contributed by atoms with van der Waals surface area (Å²) in [6, 6.07) is 0. The number of carbonyl (C=O) groups excluding carboxylic acids is 1. The van der Waals surface area contributed by atoms with Gasteiger partial charge in [-0.15, -0.1) is 0 Å². The van der Waals surface area contributed by atoms with Gasteiger partial charge in [0.15, 0.2) is 0 Å². The average molecular weight is 141 g/mol. The van der Waals surface area contributed by atoms with Gasteiger partial charge in [-0.2, -0.15) is 0 Å². The van der Waals surface area contributed by atoms with Gasteiger partial charge < -0.3 is 10.5 Å². The predicted molar refractivity (Wildman–Crippen MR) is 35.2 cm³/mol. The van der Waals surface area contributed by atoms with Crippen LogP contribution in [0.25, 0.3) is 0 Å². The van der Waals surface area contributed by atoms with Crippen LogP contribution in [-0.4, -0.2) is 12.7 Å². The molecule has 2 aliphatic carbocycles. The van der Waals surface area contributed by atoms with Gasteiger partial charge in [0.2, 0.25) is 0 Å². The number of rotatable bonds is 2. The minimum Gasteiger partial charge on any atom is -0.449 e. The third-order valence-corrected chi connectivity index (χ3v) is 2.63. The van der Waals surface area contributed by atoms with Crippen LogP contribution in [0.15, 0.2) is 0 Å². The smallest absolute Gasteiger partial charge is 0.404 e. The highest BCUT2D eigenvalue weighted by molar-refractivity contribution is 5.64. The second-order valence-corrected chi connectivity index (χ2v) is 3.29. The van der Waals surface area contributed by atoms with E-state index in [2.05, 4.69) is 4.74 Å². The first kappa shape index (κ1) is 6.01. The summed E-state index contributed by atoms with van der Waals surface area (Å²) in [5, 5.41) is 0. The van der Waals surface area contributed by atoms with Crippen LogP contribution in [0.2, 0.25) is 0 Å². The highest BCUT2D eigenvalue weighted by Crippen LogP contribution is 2.59. The van der Waals surface area contributed by atoms with Gasteiger partial charge in [0, 0.05) is 0 Å². The zero-order chi connectivity index (χ0) is 7.14. The van der Waals surface area contributed by atoms with Crippen LogP contribution in [0, 0.1) is 17.8 Å². The van der Waals surface area contributed by atoms with Crippen molar-refractivity contribution in [1.82, 2.24) is 0 Å². The fourth-order valence-corrected chi connectivity index (χ4v) is 1.87. The molecule has 0 saturated heterocycles. The average Bonchev–Trinajstić information content (AvgIpc) is 2.41. The normalized spacial score (nSPS) is 41.4. The van der Waals surface area contributed by atoms with Crippen molar-refractivity contribution in [3.8, 4) is 0 Å². The zero-order valence-corrected chi connectivity index (χ0v) is 5.75. The SMILES string of the molecule is NC(=O)OCC1C[C@@H]2CC12. The van der Waals surface area contributed by atoms with Crippen LogP contribution in [-0.2, 0) is 4.74 Å². The highest BCUT2D eigenvalue weighted by Gasteiger charge is 2.53. The van der Waals surface area contributed by atoms with E-state index in [4.69, 9.17) is 5.73 Å². The summed E-state index contributed by atoms with van der Waals surface area (Å²) in [7, 11) is 0. The van der Waals surface area contributed by atoms with E-state index in [-0.39, 0.29) is 0 Å². The van der Waals surface area contributed by atoms with Gasteiger partial charge in [0.05, 0.1) is 6.61 Å². The molecular formula is C7H11NO2. The molecule has 2 N–H and O–H groups in total. The second kappa shape index (κ2) is 1.87. The third-order valence-electron chi connectivity index (χ3n) is 2.63. The summed E-state index contributed by atoms with van der Waals surface area (Å²) >= 11 is 0. The monoisotopic (exact) mass is 141 g/mol. The number of nitrogens with two attached hydrogens (primary N) is 1. The Kier molecular flexibility index (Phi) is 1.13. The van der Waals surface area contributed by atoms with Crippen LogP contribution < -0.4 is 5.73 Å². The molecule has 0 aromatic heterocycles. The van der Waals surface area contributed by atoms with Crippen LogP contribution in [0.1, 0.15) is 12.8 Å². The summed E-state index contributed by atoms with van der Waals surface area (Å²) in [6.45, 7) is 0.552. The molecule has 0 aromatic carbocycles. The molecule has 0 aliphatic heterocycles. The van der Waals surface area contributed by atoms with Crippen molar-refractivity contribution >= 4 is 6.09 Å². The van der Waals surface area contributed by atoms with Crippen LogP contribution in [0.3, 0.4) is 0 Å². The lowest BCUT2D eigenvalue weighted by Crippen LogP contribution is -2.25. The van der Waals surface area contributed by atoms with Gasteiger partial charge in [0.1, 0.15) is 0 Å². The molecule has 0 spiro atoms. The number of ether oxygens (including phenoxy) is 1. The highest BCUT2D eigenvalue weighted by atomic mass is 16.5. The molecule has 10 heavy (non-hydrogen) atoms. The molecular weight excluding hydrogens is 130 g/mol. The van der Waals surface area contributed by atoms with Crippen molar-refractivity contribution in [3.63, 3.8) is 0 Å². The van der Waals surface area contributed by atoms with E-state index >= 15 is 0 Å².